The van der Waals surface area contributed by atoms with Crippen LogP contribution in [0.3, 0.4) is 0 Å². The summed E-state index contributed by atoms with van der Waals surface area (Å²) >= 11 is 0. The summed E-state index contributed by atoms with van der Waals surface area (Å²) in [6, 6.07) is -0.996. The molecule has 0 aromatic carbocycles. The van der Waals surface area contributed by atoms with Gasteiger partial charge < -0.3 is 15.2 Å². The monoisotopic (exact) mass is 202 g/mol. The molecule has 0 bridgehead atoms. The maximum Gasteiger partial charge on any atom is 0.408 e. The van der Waals surface area contributed by atoms with Crippen LogP contribution in [0, 0.1) is 6.92 Å². The molecule has 14 heavy (non-hydrogen) atoms. The van der Waals surface area contributed by atoms with E-state index in [-0.39, 0.29) is 6.42 Å². The first kappa shape index (κ1) is 12.7. The minimum atomic E-state index is -1.12. The van der Waals surface area contributed by atoms with Crippen LogP contribution in [0.2, 0.25) is 0 Å². The van der Waals surface area contributed by atoms with E-state index in [9.17, 15) is 9.59 Å². The number of rotatable bonds is 3. The molecule has 0 rings (SSSR count). The topological polar surface area (TPSA) is 75.6 Å². The summed E-state index contributed by atoms with van der Waals surface area (Å²) in [4.78, 5) is 21.6. The number of hydrogen-bond acceptors (Lipinski definition) is 3. The fraction of sp³-hybridized carbons (Fsp3) is 0.667. The van der Waals surface area contributed by atoms with Crippen LogP contribution in [0.4, 0.5) is 4.79 Å². The first-order valence-electron chi connectivity index (χ1n) is 4.28. The predicted octanol–water partition coefficient (Wildman–Crippen LogP) is 1.19. The lowest BCUT2D eigenvalue weighted by atomic mass is 10.2. The smallest absolute Gasteiger partial charge is 0.408 e. The van der Waals surface area contributed by atoms with Crippen molar-refractivity contribution in [2.75, 3.05) is 0 Å². The number of aliphatic carboxylic acids is 1. The zero-order valence-electron chi connectivity index (χ0n) is 8.66. The Kier molecular flexibility index (Phi) is 4.40. The van der Waals surface area contributed by atoms with Crippen LogP contribution in [0.25, 0.3) is 0 Å². The first-order chi connectivity index (χ1) is 6.26. The lowest BCUT2D eigenvalue weighted by molar-refractivity contribution is -0.139. The Morgan fingerprint density at radius 1 is 1.50 bits per heavy atom. The third-order valence-electron chi connectivity index (χ3n) is 1.28. The number of carbonyl (C=O) groups is 2. The van der Waals surface area contributed by atoms with Gasteiger partial charge in [-0.3, -0.25) is 0 Å². The number of ether oxygens (including phenoxy) is 1. The van der Waals surface area contributed by atoms with Crippen molar-refractivity contribution in [1.82, 2.24) is 5.32 Å². The molecule has 0 saturated heterocycles. The van der Waals surface area contributed by atoms with Gasteiger partial charge in [-0.25, -0.2) is 9.59 Å². The van der Waals surface area contributed by atoms with Crippen LogP contribution in [0.5, 0.6) is 0 Å². The molecular weight excluding hydrogens is 186 g/mol. The highest BCUT2D eigenvalue weighted by Gasteiger charge is 2.22. The second kappa shape index (κ2) is 4.83. The van der Waals surface area contributed by atoms with Crippen LogP contribution in [-0.4, -0.2) is 28.8 Å². The second-order valence-electron chi connectivity index (χ2n) is 3.83. The minimum Gasteiger partial charge on any atom is -0.480 e. The van der Waals surface area contributed by atoms with E-state index in [1.807, 2.05) is 0 Å². The molecule has 0 fully saturated rings. The van der Waals surface area contributed by atoms with E-state index >= 15 is 0 Å². The fourth-order valence-electron chi connectivity index (χ4n) is 0.707. The number of carboxylic acids is 1. The molecule has 0 aliphatic carbocycles. The molecule has 0 aromatic rings. The Balaban J connectivity index is 4.11. The lowest BCUT2D eigenvalue weighted by Crippen LogP contribution is -2.43. The van der Waals surface area contributed by atoms with Crippen molar-refractivity contribution in [3.63, 3.8) is 0 Å². The molecule has 81 valence electrons. The maximum absolute atomic E-state index is 11.1. The van der Waals surface area contributed by atoms with Gasteiger partial charge in [0.25, 0.3) is 0 Å². The van der Waals surface area contributed by atoms with Gasteiger partial charge in [0.05, 0.1) is 0 Å². The summed E-state index contributed by atoms with van der Waals surface area (Å²) in [5.74, 6) is -1.12. The Labute approximate surface area is 83.4 Å². The average molecular weight is 202 g/mol. The second-order valence-corrected chi connectivity index (χ2v) is 3.83. The number of carbonyl (C=O) groups excluding carboxylic acids is 1. The molecule has 0 aliphatic rings. The van der Waals surface area contributed by atoms with Crippen molar-refractivity contribution >= 4 is 12.1 Å². The van der Waals surface area contributed by atoms with Gasteiger partial charge in [0.2, 0.25) is 0 Å². The summed E-state index contributed by atoms with van der Waals surface area (Å²) < 4.78 is 4.88. The van der Waals surface area contributed by atoms with E-state index < -0.39 is 23.7 Å². The number of carboxylic acid groups (broad SMARTS) is 1. The quantitative estimate of drug-likeness (QED) is 0.720. The van der Waals surface area contributed by atoms with Crippen molar-refractivity contribution in [2.45, 2.75) is 38.8 Å². The Bertz CT molecular complexity index is 219. The van der Waals surface area contributed by atoms with Gasteiger partial charge in [-0.05, 0) is 27.2 Å². The van der Waals surface area contributed by atoms with Crippen LogP contribution in [0.15, 0.2) is 0 Å². The lowest BCUT2D eigenvalue weighted by Gasteiger charge is -2.21. The van der Waals surface area contributed by atoms with E-state index in [0.717, 1.165) is 0 Å². The molecule has 0 heterocycles. The average Bonchev–Trinajstić information content (AvgIpc) is 1.96. The molecule has 2 N–H and O–H groups in total. The third kappa shape index (κ3) is 5.40. The van der Waals surface area contributed by atoms with Crippen molar-refractivity contribution in [1.29, 1.82) is 0 Å². The fourth-order valence-corrected chi connectivity index (χ4v) is 0.707. The number of nitrogens with one attached hydrogen (secondary N) is 1. The van der Waals surface area contributed by atoms with E-state index in [4.69, 9.17) is 9.84 Å². The Hall–Kier alpha value is -1.26. The van der Waals surface area contributed by atoms with Gasteiger partial charge in [0.1, 0.15) is 11.6 Å². The number of hydrogen-bond donors (Lipinski definition) is 2. The Morgan fingerprint density at radius 2 is 2.00 bits per heavy atom. The number of alkyl carbamates (subject to hydrolysis) is 1. The van der Waals surface area contributed by atoms with E-state index in [1.54, 1.807) is 20.8 Å². The first-order valence-corrected chi connectivity index (χ1v) is 4.28. The maximum atomic E-state index is 11.1. The van der Waals surface area contributed by atoms with Crippen LogP contribution in [0.1, 0.15) is 27.2 Å². The molecule has 0 spiro atoms. The van der Waals surface area contributed by atoms with Crippen molar-refractivity contribution in [3.05, 3.63) is 6.92 Å². The highest BCUT2D eigenvalue weighted by Crippen LogP contribution is 2.07. The summed E-state index contributed by atoms with van der Waals surface area (Å²) in [5.41, 5.74) is -0.631. The molecule has 0 aliphatic heterocycles. The molecule has 0 aromatic heterocycles. The van der Waals surface area contributed by atoms with Gasteiger partial charge in [0, 0.05) is 0 Å². The highest BCUT2D eigenvalue weighted by molar-refractivity contribution is 5.80. The summed E-state index contributed by atoms with van der Waals surface area (Å²) in [6.45, 7) is 8.51. The summed E-state index contributed by atoms with van der Waals surface area (Å²) in [6.07, 6.45) is -0.664. The molecule has 5 nitrogen and oxygen atoms in total. The molecule has 1 atom stereocenters. The zero-order valence-corrected chi connectivity index (χ0v) is 8.66. The van der Waals surface area contributed by atoms with Gasteiger partial charge in [-0.15, -0.1) is 0 Å². The zero-order chi connectivity index (χ0) is 11.4. The molecular formula is C9H16NO4. The number of amides is 1. The van der Waals surface area contributed by atoms with Gasteiger partial charge in [-0.1, -0.05) is 6.92 Å². The predicted molar refractivity (Wildman–Crippen MR) is 50.8 cm³/mol. The SMILES string of the molecule is [CH2]CC(NC(=O)OC(C)(C)C)C(=O)O. The van der Waals surface area contributed by atoms with E-state index in [0.29, 0.717) is 0 Å². The standard InChI is InChI=1S/C9H16NO4/c1-5-6(7(11)12)10-8(13)14-9(2,3)4/h6H,1,5H2,2-4H3,(H,10,13)(H,11,12). The summed E-state index contributed by atoms with van der Waals surface area (Å²) in [7, 11) is 0. The van der Waals surface area contributed by atoms with E-state index in [1.165, 1.54) is 0 Å². The van der Waals surface area contributed by atoms with Crippen LogP contribution in [-0.2, 0) is 9.53 Å². The molecule has 0 saturated carbocycles. The van der Waals surface area contributed by atoms with Crippen molar-refractivity contribution < 1.29 is 19.4 Å². The van der Waals surface area contributed by atoms with E-state index in [2.05, 4.69) is 12.2 Å². The summed E-state index contributed by atoms with van der Waals surface area (Å²) in [5, 5.41) is 10.8. The molecule has 5 heteroatoms. The van der Waals surface area contributed by atoms with Gasteiger partial charge >= 0.3 is 12.1 Å². The largest absolute Gasteiger partial charge is 0.480 e. The minimum absolute atomic E-state index is 0.0780. The Morgan fingerprint density at radius 3 is 2.29 bits per heavy atom. The van der Waals surface area contributed by atoms with Crippen LogP contribution < -0.4 is 5.32 Å². The van der Waals surface area contributed by atoms with Gasteiger partial charge in [-0.2, -0.15) is 0 Å². The highest BCUT2D eigenvalue weighted by atomic mass is 16.6. The molecule has 1 radical (unpaired) electrons. The molecule has 1 amide bonds. The van der Waals surface area contributed by atoms with Crippen molar-refractivity contribution in [2.24, 2.45) is 0 Å². The normalized spacial score (nSPS) is 13.1. The third-order valence-corrected chi connectivity index (χ3v) is 1.28. The molecule has 1 unspecified atom stereocenters. The van der Waals surface area contributed by atoms with Crippen molar-refractivity contribution in [3.8, 4) is 0 Å². The van der Waals surface area contributed by atoms with Crippen LogP contribution >= 0.6 is 0 Å². The van der Waals surface area contributed by atoms with Gasteiger partial charge in [0.15, 0.2) is 0 Å².